The number of alkyl halides is 3. The summed E-state index contributed by atoms with van der Waals surface area (Å²) in [6.07, 6.45) is -4.43. The van der Waals surface area contributed by atoms with Crippen LogP contribution in [0.25, 0.3) is 11.1 Å². The summed E-state index contributed by atoms with van der Waals surface area (Å²) in [5, 5.41) is 0. The second kappa shape index (κ2) is 7.61. The Labute approximate surface area is 162 Å². The number of fused-ring (bicyclic) bond motifs is 1. The van der Waals surface area contributed by atoms with Crippen LogP contribution in [-0.4, -0.2) is 33.7 Å². The van der Waals surface area contributed by atoms with Gasteiger partial charge in [-0.2, -0.15) is 13.2 Å². The van der Waals surface area contributed by atoms with Crippen molar-refractivity contribution in [2.24, 2.45) is 0 Å². The van der Waals surface area contributed by atoms with Gasteiger partial charge in [0.15, 0.2) is 12.2 Å². The van der Waals surface area contributed by atoms with Crippen molar-refractivity contribution < 1.29 is 31.9 Å². The number of hydrogen-bond donors (Lipinski definition) is 0. The first-order valence-electron chi connectivity index (χ1n) is 8.57. The van der Waals surface area contributed by atoms with Crippen molar-refractivity contribution in [1.82, 2.24) is 9.13 Å². The van der Waals surface area contributed by atoms with E-state index in [1.807, 2.05) is 0 Å². The van der Waals surface area contributed by atoms with Gasteiger partial charge in [-0.05, 0) is 32.0 Å². The van der Waals surface area contributed by atoms with Crippen LogP contribution in [0.5, 0.6) is 0 Å². The number of carbonyl (C=O) groups excluding carboxylic acids is 2. The van der Waals surface area contributed by atoms with Crippen LogP contribution in [0.1, 0.15) is 21.7 Å². The van der Waals surface area contributed by atoms with E-state index in [-0.39, 0.29) is 17.0 Å². The topological polar surface area (TPSA) is 83.4 Å². The second-order valence-electron chi connectivity index (χ2n) is 6.49. The van der Waals surface area contributed by atoms with Crippen molar-refractivity contribution >= 4 is 22.9 Å². The minimum absolute atomic E-state index is 0.0467. The average Bonchev–Trinajstić information content (AvgIpc) is 3.10. The molecule has 0 aliphatic heterocycles. The molecule has 0 saturated heterocycles. The lowest BCUT2D eigenvalue weighted by Gasteiger charge is -2.12. The van der Waals surface area contributed by atoms with Crippen molar-refractivity contribution in [3.8, 4) is 0 Å². The number of aromatic nitrogens is 2. The highest BCUT2D eigenvalue weighted by molar-refractivity contribution is 5.99. The van der Waals surface area contributed by atoms with Crippen LogP contribution in [0.4, 0.5) is 13.2 Å². The molecule has 0 spiro atoms. The van der Waals surface area contributed by atoms with Crippen LogP contribution in [0.15, 0.2) is 39.5 Å². The zero-order valence-electron chi connectivity index (χ0n) is 15.6. The number of halogens is 3. The molecular formula is C19H17F3N2O5. The molecule has 0 unspecified atom stereocenters. The molecule has 1 aromatic carbocycles. The van der Waals surface area contributed by atoms with E-state index in [2.05, 4.69) is 0 Å². The Hall–Kier alpha value is -3.30. The minimum Gasteiger partial charge on any atom is -0.456 e. The normalized spacial score (nSPS) is 11.8. The van der Waals surface area contributed by atoms with Crippen molar-refractivity contribution in [2.75, 3.05) is 6.61 Å². The quantitative estimate of drug-likeness (QED) is 0.461. The average molecular weight is 410 g/mol. The molecule has 10 heteroatoms. The third kappa shape index (κ3) is 4.41. The highest BCUT2D eigenvalue weighted by Crippen LogP contribution is 2.23. The first-order valence-corrected chi connectivity index (χ1v) is 8.57. The van der Waals surface area contributed by atoms with Gasteiger partial charge in [0.1, 0.15) is 13.1 Å². The fraction of sp³-hybridized carbons (Fsp3) is 0.316. The van der Waals surface area contributed by atoms with Crippen molar-refractivity contribution in [3.63, 3.8) is 0 Å². The summed E-state index contributed by atoms with van der Waals surface area (Å²) in [6, 6.07) is 7.82. The number of aryl methyl sites for hydroxylation is 1. The summed E-state index contributed by atoms with van der Waals surface area (Å²) in [5.74, 6) is -2.23. The van der Waals surface area contributed by atoms with Gasteiger partial charge in [-0.15, -0.1) is 0 Å². The maximum absolute atomic E-state index is 12.7. The number of nitrogens with zero attached hydrogens (tertiary/aromatic N) is 2. The maximum Gasteiger partial charge on any atom is 0.420 e. The lowest BCUT2D eigenvalue weighted by Crippen LogP contribution is -2.24. The Morgan fingerprint density at radius 1 is 1.14 bits per heavy atom. The van der Waals surface area contributed by atoms with E-state index < -0.39 is 43.4 Å². The number of benzene rings is 1. The number of oxazole rings is 1. The van der Waals surface area contributed by atoms with Gasteiger partial charge in [0.25, 0.3) is 0 Å². The first kappa shape index (κ1) is 20.4. The molecular weight excluding hydrogens is 393 g/mol. The maximum atomic E-state index is 12.7. The minimum atomic E-state index is -4.43. The smallest absolute Gasteiger partial charge is 0.420 e. The SMILES string of the molecule is Cc1cc(C(=O)COC(=O)Cn2c(=O)oc3ccccc32)c(C)n1CC(F)(F)F. The standard InChI is InChI=1S/C19H17F3N2O5/c1-11-7-13(12(2)24(11)10-19(20,21)22)15(25)9-28-17(26)8-23-14-5-3-4-6-16(14)29-18(23)27/h3-7H,8-10H2,1-2H3. The molecule has 0 bridgehead atoms. The molecule has 3 aromatic rings. The number of rotatable bonds is 6. The summed E-state index contributed by atoms with van der Waals surface area (Å²) >= 11 is 0. The molecule has 7 nitrogen and oxygen atoms in total. The highest BCUT2D eigenvalue weighted by atomic mass is 19.4. The van der Waals surface area contributed by atoms with E-state index in [1.54, 1.807) is 24.3 Å². The van der Waals surface area contributed by atoms with Crippen LogP contribution >= 0.6 is 0 Å². The number of para-hydroxylation sites is 2. The van der Waals surface area contributed by atoms with Crippen molar-refractivity contribution in [2.45, 2.75) is 33.1 Å². The molecule has 0 aliphatic carbocycles. The Balaban J connectivity index is 1.68. The third-order valence-corrected chi connectivity index (χ3v) is 4.44. The molecule has 0 radical (unpaired) electrons. The fourth-order valence-electron chi connectivity index (χ4n) is 3.07. The molecule has 0 saturated carbocycles. The Kier molecular flexibility index (Phi) is 5.36. The van der Waals surface area contributed by atoms with E-state index in [4.69, 9.17) is 9.15 Å². The molecule has 2 heterocycles. The monoisotopic (exact) mass is 410 g/mol. The fourth-order valence-corrected chi connectivity index (χ4v) is 3.07. The van der Waals surface area contributed by atoms with E-state index >= 15 is 0 Å². The van der Waals surface area contributed by atoms with Gasteiger partial charge in [0.2, 0.25) is 5.78 Å². The summed E-state index contributed by atoms with van der Waals surface area (Å²) in [4.78, 5) is 36.2. The van der Waals surface area contributed by atoms with Gasteiger partial charge < -0.3 is 13.7 Å². The highest BCUT2D eigenvalue weighted by Gasteiger charge is 2.30. The van der Waals surface area contributed by atoms with Crippen LogP contribution in [0, 0.1) is 13.8 Å². The van der Waals surface area contributed by atoms with E-state index in [0.29, 0.717) is 11.1 Å². The lowest BCUT2D eigenvalue weighted by molar-refractivity contribution is -0.143. The Bertz CT molecular complexity index is 1140. The first-order chi connectivity index (χ1) is 13.6. The Morgan fingerprint density at radius 2 is 1.83 bits per heavy atom. The van der Waals surface area contributed by atoms with Gasteiger partial charge in [-0.25, -0.2) is 4.79 Å². The zero-order valence-corrected chi connectivity index (χ0v) is 15.6. The largest absolute Gasteiger partial charge is 0.456 e. The van der Waals surface area contributed by atoms with Crippen LogP contribution in [0.2, 0.25) is 0 Å². The van der Waals surface area contributed by atoms with Gasteiger partial charge in [-0.1, -0.05) is 12.1 Å². The molecule has 154 valence electrons. The van der Waals surface area contributed by atoms with Crippen molar-refractivity contribution in [3.05, 3.63) is 57.8 Å². The summed E-state index contributed by atoms with van der Waals surface area (Å²) in [6.45, 7) is 0.521. The van der Waals surface area contributed by atoms with Gasteiger partial charge in [0, 0.05) is 17.0 Å². The number of ketones is 1. The number of ether oxygens (including phenoxy) is 1. The van der Waals surface area contributed by atoms with Crippen LogP contribution in [-0.2, 0) is 22.6 Å². The van der Waals surface area contributed by atoms with Crippen molar-refractivity contribution in [1.29, 1.82) is 0 Å². The number of hydrogen-bond acceptors (Lipinski definition) is 5. The van der Waals surface area contributed by atoms with Gasteiger partial charge in [-0.3, -0.25) is 14.2 Å². The third-order valence-electron chi connectivity index (χ3n) is 4.44. The van der Waals surface area contributed by atoms with E-state index in [1.165, 1.54) is 19.9 Å². The predicted octanol–water partition coefficient (Wildman–Crippen LogP) is 3.00. The van der Waals surface area contributed by atoms with E-state index in [0.717, 1.165) is 9.13 Å². The number of carbonyl (C=O) groups is 2. The molecule has 29 heavy (non-hydrogen) atoms. The molecule has 0 fully saturated rings. The van der Waals surface area contributed by atoms with Gasteiger partial charge >= 0.3 is 17.9 Å². The van der Waals surface area contributed by atoms with Crippen LogP contribution in [0.3, 0.4) is 0 Å². The molecule has 2 aromatic heterocycles. The second-order valence-corrected chi connectivity index (χ2v) is 6.49. The molecule has 3 rings (SSSR count). The zero-order chi connectivity index (χ0) is 21.3. The summed E-state index contributed by atoms with van der Waals surface area (Å²) in [5.41, 5.74) is 1.16. The number of Topliss-reactive ketones (excluding diaryl/α,β-unsaturated/α-hetero) is 1. The number of esters is 1. The molecule has 0 aliphatic rings. The van der Waals surface area contributed by atoms with Gasteiger partial charge in [0.05, 0.1) is 5.52 Å². The molecule has 0 amide bonds. The predicted molar refractivity (Wildman–Crippen MR) is 95.7 cm³/mol. The van der Waals surface area contributed by atoms with Crippen LogP contribution < -0.4 is 5.76 Å². The summed E-state index contributed by atoms with van der Waals surface area (Å²) < 4.78 is 50.0. The summed E-state index contributed by atoms with van der Waals surface area (Å²) in [7, 11) is 0. The lowest BCUT2D eigenvalue weighted by atomic mass is 10.1. The Morgan fingerprint density at radius 3 is 2.52 bits per heavy atom. The van der Waals surface area contributed by atoms with E-state index in [9.17, 15) is 27.6 Å². The molecule has 0 N–H and O–H groups in total. The molecule has 0 atom stereocenters.